The molecule has 1 heterocycles. The fraction of sp³-hybridized carbons (Fsp3) is 0.452. The van der Waals surface area contributed by atoms with Crippen LogP contribution in [0.2, 0.25) is 0 Å². The average molecular weight is 600 g/mol. The normalized spacial score (nSPS) is 11.8. The number of alkyl halides is 1. The maximum Gasteiger partial charge on any atom is 0.235 e. The van der Waals surface area contributed by atoms with Crippen LogP contribution in [0, 0.1) is 11.8 Å². The Hall–Kier alpha value is -3.46. The number of amides is 3. The van der Waals surface area contributed by atoms with Gasteiger partial charge < -0.3 is 34.5 Å². The number of hydrogen-bond acceptors (Lipinski definition) is 7. The number of rotatable bonds is 19. The van der Waals surface area contributed by atoms with Crippen molar-refractivity contribution in [1.82, 2.24) is 10.6 Å². The Bertz CT molecular complexity index is 1210. The molecule has 226 valence electrons. The van der Waals surface area contributed by atoms with Gasteiger partial charge in [-0.2, -0.15) is 0 Å². The van der Waals surface area contributed by atoms with Crippen molar-refractivity contribution in [3.8, 4) is 11.8 Å². The highest BCUT2D eigenvalue weighted by Gasteiger charge is 2.21. The molecule has 1 aliphatic rings. The molecule has 2 aromatic carbocycles. The van der Waals surface area contributed by atoms with Crippen molar-refractivity contribution in [3.05, 3.63) is 65.2 Å². The maximum atomic E-state index is 13.2. The summed E-state index contributed by atoms with van der Waals surface area (Å²) in [5.41, 5.74) is 3.46. The summed E-state index contributed by atoms with van der Waals surface area (Å²) in [4.78, 5) is 38.1. The number of para-hydroxylation sites is 1. The number of ether oxygens (including phenoxy) is 4. The summed E-state index contributed by atoms with van der Waals surface area (Å²) < 4.78 is 21.6. The Labute approximate surface area is 252 Å². The molecule has 3 amide bonds. The molecule has 2 N–H and O–H groups in total. The van der Waals surface area contributed by atoms with E-state index >= 15 is 0 Å². The Balaban J connectivity index is 1.21. The number of carbonyl (C=O) groups excluding carboxylic acids is 3. The van der Waals surface area contributed by atoms with E-state index in [1.165, 1.54) is 0 Å². The van der Waals surface area contributed by atoms with E-state index < -0.39 is 0 Å². The van der Waals surface area contributed by atoms with Crippen molar-refractivity contribution in [2.24, 2.45) is 0 Å². The molecule has 42 heavy (non-hydrogen) atoms. The highest BCUT2D eigenvalue weighted by atomic mass is 35.5. The SMILES string of the molecule is O=C(CCl)NCCOCCOCCOCCOCCC(=O)NCCC(=O)N1Cc2ccccc2C#Cc2ccccc21. The Morgan fingerprint density at radius 3 is 1.98 bits per heavy atom. The van der Waals surface area contributed by atoms with Gasteiger partial charge in [0, 0.05) is 37.1 Å². The Morgan fingerprint density at radius 1 is 0.690 bits per heavy atom. The molecule has 0 spiro atoms. The average Bonchev–Trinajstić information content (AvgIpc) is 3.00. The Kier molecular flexibility index (Phi) is 15.4. The molecule has 0 aliphatic carbocycles. The predicted molar refractivity (Wildman–Crippen MR) is 159 cm³/mol. The van der Waals surface area contributed by atoms with Crippen molar-refractivity contribution < 1.29 is 33.3 Å². The number of fused-ring (bicyclic) bond motifs is 2. The van der Waals surface area contributed by atoms with E-state index in [9.17, 15) is 14.4 Å². The molecular weight excluding hydrogens is 562 g/mol. The van der Waals surface area contributed by atoms with E-state index in [2.05, 4.69) is 22.5 Å². The van der Waals surface area contributed by atoms with Gasteiger partial charge in [0.05, 0.1) is 65.1 Å². The number of hydrogen-bond donors (Lipinski definition) is 2. The highest BCUT2D eigenvalue weighted by molar-refractivity contribution is 6.27. The second-order valence-electron chi connectivity index (χ2n) is 9.19. The van der Waals surface area contributed by atoms with Crippen LogP contribution in [0.1, 0.15) is 29.5 Å². The van der Waals surface area contributed by atoms with Crippen molar-refractivity contribution in [3.63, 3.8) is 0 Å². The summed E-state index contributed by atoms with van der Waals surface area (Å²) in [6, 6.07) is 15.4. The van der Waals surface area contributed by atoms with E-state index in [1.807, 2.05) is 48.5 Å². The minimum absolute atomic E-state index is 0.0595. The fourth-order valence-corrected chi connectivity index (χ4v) is 4.07. The highest BCUT2D eigenvalue weighted by Crippen LogP contribution is 2.25. The third kappa shape index (κ3) is 12.2. The molecule has 0 fully saturated rings. The van der Waals surface area contributed by atoms with Gasteiger partial charge in [0.15, 0.2) is 0 Å². The zero-order valence-electron chi connectivity index (χ0n) is 23.7. The van der Waals surface area contributed by atoms with Gasteiger partial charge >= 0.3 is 0 Å². The lowest BCUT2D eigenvalue weighted by atomic mass is 10.0. The van der Waals surface area contributed by atoms with Crippen LogP contribution in [-0.4, -0.2) is 89.5 Å². The predicted octanol–water partition coefficient (Wildman–Crippen LogP) is 2.25. The number of nitrogens with one attached hydrogen (secondary N) is 2. The zero-order valence-corrected chi connectivity index (χ0v) is 24.5. The molecule has 0 saturated carbocycles. The van der Waals surface area contributed by atoms with Crippen LogP contribution >= 0.6 is 11.6 Å². The lowest BCUT2D eigenvalue weighted by Crippen LogP contribution is -2.35. The van der Waals surface area contributed by atoms with Crippen LogP contribution in [0.15, 0.2) is 48.5 Å². The topological polar surface area (TPSA) is 115 Å². The van der Waals surface area contributed by atoms with Crippen molar-refractivity contribution >= 4 is 35.0 Å². The first-order valence-electron chi connectivity index (χ1n) is 14.0. The summed E-state index contributed by atoms with van der Waals surface area (Å²) >= 11 is 5.38. The lowest BCUT2D eigenvalue weighted by Gasteiger charge is -2.26. The number of halogens is 1. The van der Waals surface area contributed by atoms with Gasteiger partial charge in [-0.05, 0) is 23.8 Å². The monoisotopic (exact) mass is 599 g/mol. The van der Waals surface area contributed by atoms with E-state index in [-0.39, 0.29) is 49.6 Å². The summed E-state index contributed by atoms with van der Waals surface area (Å²) in [5, 5.41) is 5.41. The van der Waals surface area contributed by atoms with Gasteiger partial charge in [-0.1, -0.05) is 42.2 Å². The van der Waals surface area contributed by atoms with Gasteiger partial charge in [-0.15, -0.1) is 11.6 Å². The van der Waals surface area contributed by atoms with E-state index in [0.717, 1.165) is 22.4 Å². The molecule has 0 radical (unpaired) electrons. The van der Waals surface area contributed by atoms with Gasteiger partial charge in [0.1, 0.15) is 5.88 Å². The third-order valence-corrected chi connectivity index (χ3v) is 6.36. The molecule has 0 bridgehead atoms. The van der Waals surface area contributed by atoms with Crippen LogP contribution in [0.4, 0.5) is 5.69 Å². The Morgan fingerprint density at radius 2 is 1.26 bits per heavy atom. The molecular formula is C31H38ClN3O7. The van der Waals surface area contributed by atoms with Crippen LogP contribution in [-0.2, 0) is 39.9 Å². The summed E-state index contributed by atoms with van der Waals surface area (Å²) in [5.74, 6) is 5.85. The number of anilines is 1. The molecule has 11 heteroatoms. The van der Waals surface area contributed by atoms with E-state index in [1.54, 1.807) is 4.90 Å². The van der Waals surface area contributed by atoms with Crippen molar-refractivity contribution in [2.75, 3.05) is 76.7 Å². The number of carbonyl (C=O) groups is 3. The van der Waals surface area contributed by atoms with Gasteiger partial charge in [0.2, 0.25) is 17.7 Å². The smallest absolute Gasteiger partial charge is 0.235 e. The molecule has 10 nitrogen and oxygen atoms in total. The minimum Gasteiger partial charge on any atom is -0.379 e. The first-order valence-corrected chi connectivity index (χ1v) is 14.5. The maximum absolute atomic E-state index is 13.2. The molecule has 2 aromatic rings. The second kappa shape index (κ2) is 19.6. The van der Waals surface area contributed by atoms with Gasteiger partial charge in [-0.3, -0.25) is 14.4 Å². The van der Waals surface area contributed by atoms with Crippen molar-refractivity contribution in [1.29, 1.82) is 0 Å². The van der Waals surface area contributed by atoms with Crippen LogP contribution in [0.5, 0.6) is 0 Å². The van der Waals surface area contributed by atoms with Crippen LogP contribution in [0.25, 0.3) is 0 Å². The molecule has 0 saturated heterocycles. The molecule has 0 unspecified atom stereocenters. The summed E-state index contributed by atoms with van der Waals surface area (Å²) in [6.07, 6.45) is 0.369. The zero-order chi connectivity index (χ0) is 29.8. The quantitative estimate of drug-likeness (QED) is 0.145. The third-order valence-electron chi connectivity index (χ3n) is 6.11. The molecule has 0 atom stereocenters. The standard InChI is InChI=1S/C31H38ClN3O7/c32-23-30(37)34-14-16-40-18-20-42-22-21-41-19-17-39-15-12-29(36)33-13-11-31(38)35-24-27-7-2-1-5-25(27)9-10-26-6-3-4-8-28(26)35/h1-8H,11-24H2,(H,33,36)(H,34,37). The summed E-state index contributed by atoms with van der Waals surface area (Å²) in [6.45, 7) is 4.18. The second-order valence-corrected chi connectivity index (χ2v) is 9.45. The van der Waals surface area contributed by atoms with Crippen LogP contribution in [0.3, 0.4) is 0 Å². The molecule has 1 aliphatic heterocycles. The minimum atomic E-state index is -0.223. The lowest BCUT2D eigenvalue weighted by molar-refractivity contribution is -0.123. The van der Waals surface area contributed by atoms with Gasteiger partial charge in [0.25, 0.3) is 0 Å². The fourth-order valence-electron chi connectivity index (χ4n) is 3.98. The number of nitrogens with zero attached hydrogens (tertiary/aromatic N) is 1. The van der Waals surface area contributed by atoms with Crippen LogP contribution < -0.4 is 15.5 Å². The van der Waals surface area contributed by atoms with E-state index in [4.69, 9.17) is 30.5 Å². The first-order chi connectivity index (χ1) is 20.6. The van der Waals surface area contributed by atoms with Gasteiger partial charge in [-0.25, -0.2) is 0 Å². The molecule has 3 rings (SSSR count). The van der Waals surface area contributed by atoms with E-state index in [0.29, 0.717) is 59.3 Å². The van der Waals surface area contributed by atoms with Crippen molar-refractivity contribution in [2.45, 2.75) is 19.4 Å². The first kappa shape index (κ1) is 33.0. The molecule has 0 aromatic heterocycles. The largest absolute Gasteiger partial charge is 0.379 e. The summed E-state index contributed by atoms with van der Waals surface area (Å²) in [7, 11) is 0. The number of benzene rings is 2.